The van der Waals surface area contributed by atoms with Crippen molar-refractivity contribution in [1.82, 2.24) is 15.2 Å². The second kappa shape index (κ2) is 8.10. The number of para-hydroxylation sites is 1. The third kappa shape index (κ3) is 4.15. The number of hydrogen-bond acceptors (Lipinski definition) is 3. The molecule has 0 spiro atoms. The molecule has 2 aliphatic rings. The normalized spacial score (nSPS) is 17.0. The van der Waals surface area contributed by atoms with Gasteiger partial charge in [-0.1, -0.05) is 18.2 Å². The van der Waals surface area contributed by atoms with E-state index >= 15 is 0 Å². The molecule has 31 heavy (non-hydrogen) atoms. The Bertz CT molecular complexity index is 1130. The molecule has 6 heteroatoms. The molecular weight excluding hydrogens is 393 g/mol. The molecule has 1 aromatic heterocycles. The van der Waals surface area contributed by atoms with Crippen molar-refractivity contribution in [2.45, 2.75) is 37.6 Å². The van der Waals surface area contributed by atoms with E-state index in [2.05, 4.69) is 5.32 Å². The van der Waals surface area contributed by atoms with Gasteiger partial charge in [0.1, 0.15) is 5.82 Å². The van der Waals surface area contributed by atoms with Crippen LogP contribution in [0.4, 0.5) is 4.39 Å². The number of likely N-dealkylation sites (tertiary alicyclic amines) is 1. The zero-order valence-corrected chi connectivity index (χ0v) is 17.2. The lowest BCUT2D eigenvalue weighted by Gasteiger charge is -2.32. The van der Waals surface area contributed by atoms with Gasteiger partial charge in [-0.3, -0.25) is 14.6 Å². The number of aromatic nitrogens is 1. The first-order valence-electron chi connectivity index (χ1n) is 10.8. The van der Waals surface area contributed by atoms with Crippen molar-refractivity contribution in [3.63, 3.8) is 0 Å². The van der Waals surface area contributed by atoms with Crippen LogP contribution >= 0.6 is 0 Å². The maximum Gasteiger partial charge on any atom is 0.254 e. The highest BCUT2D eigenvalue weighted by Gasteiger charge is 2.29. The fraction of sp³-hybridized carbons (Fsp3) is 0.320. The highest BCUT2D eigenvalue weighted by Crippen LogP contribution is 2.40. The predicted octanol–water partition coefficient (Wildman–Crippen LogP) is 4.29. The Morgan fingerprint density at radius 3 is 2.39 bits per heavy atom. The minimum absolute atomic E-state index is 0.00203. The number of benzene rings is 2. The summed E-state index contributed by atoms with van der Waals surface area (Å²) >= 11 is 0. The van der Waals surface area contributed by atoms with Crippen LogP contribution in [0.3, 0.4) is 0 Å². The van der Waals surface area contributed by atoms with Crippen molar-refractivity contribution in [2.75, 3.05) is 13.1 Å². The van der Waals surface area contributed by atoms with Crippen LogP contribution in [-0.4, -0.2) is 40.8 Å². The van der Waals surface area contributed by atoms with Gasteiger partial charge < -0.3 is 10.2 Å². The lowest BCUT2D eigenvalue weighted by molar-refractivity contribution is 0.0700. The number of hydrogen-bond donors (Lipinski definition) is 1. The summed E-state index contributed by atoms with van der Waals surface area (Å²) in [5.74, 6) is -0.0665. The Balaban J connectivity index is 1.27. The molecule has 1 saturated heterocycles. The summed E-state index contributed by atoms with van der Waals surface area (Å²) in [6, 6.07) is 15.3. The van der Waals surface area contributed by atoms with E-state index < -0.39 is 0 Å². The molecular formula is C25H24FN3O2. The molecule has 2 heterocycles. The first kappa shape index (κ1) is 19.7. The van der Waals surface area contributed by atoms with E-state index in [9.17, 15) is 14.0 Å². The van der Waals surface area contributed by atoms with Crippen LogP contribution in [0.5, 0.6) is 0 Å². The SMILES string of the molecule is O=C(NC1CCN(C(=O)c2cc(C3CC3)nc3ccccc23)CC1)c1ccc(F)cc1. The monoisotopic (exact) mass is 417 g/mol. The summed E-state index contributed by atoms with van der Waals surface area (Å²) in [4.78, 5) is 32.4. The van der Waals surface area contributed by atoms with Gasteiger partial charge in [-0.2, -0.15) is 0 Å². The number of nitrogens with zero attached hydrogens (tertiary/aromatic N) is 2. The molecule has 2 amide bonds. The van der Waals surface area contributed by atoms with Crippen molar-refractivity contribution >= 4 is 22.7 Å². The summed E-state index contributed by atoms with van der Waals surface area (Å²) in [6.07, 6.45) is 3.66. The number of pyridine rings is 1. The Morgan fingerprint density at radius 2 is 1.68 bits per heavy atom. The Morgan fingerprint density at radius 1 is 0.968 bits per heavy atom. The number of carbonyl (C=O) groups excluding carboxylic acids is 2. The summed E-state index contributed by atoms with van der Waals surface area (Å²) < 4.78 is 13.1. The molecule has 3 aromatic rings. The van der Waals surface area contributed by atoms with Gasteiger partial charge in [0.05, 0.1) is 11.1 Å². The van der Waals surface area contributed by atoms with Crippen LogP contribution in [0, 0.1) is 5.82 Å². The quantitative estimate of drug-likeness (QED) is 0.689. The Labute approximate surface area is 180 Å². The number of carbonyl (C=O) groups is 2. The molecule has 158 valence electrons. The molecule has 1 N–H and O–H groups in total. The second-order valence-corrected chi connectivity index (χ2v) is 8.43. The summed E-state index contributed by atoms with van der Waals surface area (Å²) in [5.41, 5.74) is 3.05. The lowest BCUT2D eigenvalue weighted by Crippen LogP contribution is -2.46. The van der Waals surface area contributed by atoms with E-state index in [1.54, 1.807) is 0 Å². The minimum atomic E-state index is -0.364. The van der Waals surface area contributed by atoms with Gasteiger partial charge in [0.15, 0.2) is 0 Å². The first-order chi connectivity index (χ1) is 15.1. The fourth-order valence-corrected chi connectivity index (χ4v) is 4.23. The van der Waals surface area contributed by atoms with Crippen LogP contribution in [0.1, 0.15) is 58.0 Å². The zero-order valence-electron chi connectivity index (χ0n) is 17.2. The van der Waals surface area contributed by atoms with E-state index in [1.807, 2.05) is 35.2 Å². The van der Waals surface area contributed by atoms with Gasteiger partial charge in [0.2, 0.25) is 0 Å². The average Bonchev–Trinajstić information content (AvgIpc) is 3.64. The maximum atomic E-state index is 13.4. The smallest absolute Gasteiger partial charge is 0.254 e. The zero-order chi connectivity index (χ0) is 21.4. The Hall–Kier alpha value is -3.28. The van der Waals surface area contributed by atoms with E-state index in [1.165, 1.54) is 24.3 Å². The van der Waals surface area contributed by atoms with Gasteiger partial charge in [-0.05, 0) is 62.1 Å². The van der Waals surface area contributed by atoms with Gasteiger partial charge >= 0.3 is 0 Å². The first-order valence-corrected chi connectivity index (χ1v) is 10.8. The predicted molar refractivity (Wildman–Crippen MR) is 117 cm³/mol. The van der Waals surface area contributed by atoms with E-state index in [-0.39, 0.29) is 23.7 Å². The van der Waals surface area contributed by atoms with Gasteiger partial charge in [-0.25, -0.2) is 4.39 Å². The highest BCUT2D eigenvalue weighted by atomic mass is 19.1. The third-order valence-electron chi connectivity index (χ3n) is 6.19. The number of amides is 2. The molecule has 2 fully saturated rings. The van der Waals surface area contributed by atoms with Crippen LogP contribution in [0.25, 0.3) is 10.9 Å². The van der Waals surface area contributed by atoms with Crippen LogP contribution in [0.2, 0.25) is 0 Å². The average molecular weight is 417 g/mol. The van der Waals surface area contributed by atoms with E-state index in [0.717, 1.165) is 35.0 Å². The number of halogens is 1. The third-order valence-corrected chi connectivity index (χ3v) is 6.19. The summed E-state index contributed by atoms with van der Waals surface area (Å²) in [6.45, 7) is 1.17. The van der Waals surface area contributed by atoms with Crippen molar-refractivity contribution in [2.24, 2.45) is 0 Å². The molecule has 1 aliphatic carbocycles. The van der Waals surface area contributed by atoms with Crippen molar-refractivity contribution in [3.05, 3.63) is 77.2 Å². The summed E-state index contributed by atoms with van der Waals surface area (Å²) in [5, 5.41) is 3.90. The molecule has 5 nitrogen and oxygen atoms in total. The van der Waals surface area contributed by atoms with Gasteiger partial charge in [0, 0.05) is 41.7 Å². The fourth-order valence-electron chi connectivity index (χ4n) is 4.23. The molecule has 0 atom stereocenters. The second-order valence-electron chi connectivity index (χ2n) is 8.43. The van der Waals surface area contributed by atoms with Crippen LogP contribution in [-0.2, 0) is 0 Å². The van der Waals surface area contributed by atoms with Crippen molar-refractivity contribution in [1.29, 1.82) is 0 Å². The maximum absolute atomic E-state index is 13.4. The van der Waals surface area contributed by atoms with E-state index in [4.69, 9.17) is 4.98 Å². The standard InChI is InChI=1S/C25H24FN3O2/c26-18-9-7-17(8-10-18)24(30)27-19-11-13-29(14-12-19)25(31)21-15-23(16-5-6-16)28-22-4-2-1-3-20(21)22/h1-4,7-10,15-16,19H,5-6,11-14H2,(H,27,30). The van der Waals surface area contributed by atoms with Crippen LogP contribution in [0.15, 0.2) is 54.6 Å². The van der Waals surface area contributed by atoms with Crippen molar-refractivity contribution in [3.8, 4) is 0 Å². The molecule has 5 rings (SSSR count). The van der Waals surface area contributed by atoms with Crippen molar-refractivity contribution < 1.29 is 14.0 Å². The molecule has 2 aromatic carbocycles. The molecule has 0 unspecified atom stereocenters. The molecule has 0 bridgehead atoms. The Kier molecular flexibility index (Phi) is 5.14. The number of nitrogens with one attached hydrogen (secondary N) is 1. The lowest BCUT2D eigenvalue weighted by atomic mass is 10.0. The largest absolute Gasteiger partial charge is 0.349 e. The minimum Gasteiger partial charge on any atom is -0.349 e. The van der Waals surface area contributed by atoms with E-state index in [0.29, 0.717) is 37.4 Å². The topological polar surface area (TPSA) is 62.3 Å². The highest BCUT2D eigenvalue weighted by molar-refractivity contribution is 6.06. The number of rotatable bonds is 4. The molecule has 1 aliphatic heterocycles. The van der Waals surface area contributed by atoms with Crippen LogP contribution < -0.4 is 5.32 Å². The number of piperidine rings is 1. The summed E-state index contributed by atoms with van der Waals surface area (Å²) in [7, 11) is 0. The van der Waals surface area contributed by atoms with Gasteiger partial charge in [-0.15, -0.1) is 0 Å². The number of fused-ring (bicyclic) bond motifs is 1. The molecule has 1 saturated carbocycles. The van der Waals surface area contributed by atoms with Gasteiger partial charge in [0.25, 0.3) is 11.8 Å². The molecule has 0 radical (unpaired) electrons.